The van der Waals surface area contributed by atoms with Crippen LogP contribution >= 0.6 is 0 Å². The number of phenolic OH excluding ortho intramolecular Hbond substituents is 1. The van der Waals surface area contributed by atoms with E-state index in [2.05, 4.69) is 20.2 Å². The number of nitrogens with one attached hydrogen (secondary N) is 1. The quantitative estimate of drug-likeness (QED) is 0.417. The van der Waals surface area contributed by atoms with Crippen LogP contribution in [0, 0.1) is 5.82 Å². The van der Waals surface area contributed by atoms with Gasteiger partial charge in [0.1, 0.15) is 11.6 Å². The summed E-state index contributed by atoms with van der Waals surface area (Å²) in [5.41, 5.74) is -1.05. The number of phenols is 1. The summed E-state index contributed by atoms with van der Waals surface area (Å²) < 4.78 is 62.3. The van der Waals surface area contributed by atoms with Gasteiger partial charge in [-0.05, 0) is 51.2 Å². The average molecular weight is 589 g/mol. The van der Waals surface area contributed by atoms with Gasteiger partial charge in [-0.25, -0.2) is 14.4 Å². The van der Waals surface area contributed by atoms with E-state index in [4.69, 9.17) is 4.74 Å². The van der Waals surface area contributed by atoms with E-state index in [0.29, 0.717) is 62.7 Å². The van der Waals surface area contributed by atoms with Gasteiger partial charge < -0.3 is 25.0 Å². The number of piperazine rings is 1. The molecular formula is C29H32F4N6O3. The van der Waals surface area contributed by atoms with E-state index in [1.807, 2.05) is 30.7 Å². The van der Waals surface area contributed by atoms with Crippen LogP contribution in [0.25, 0.3) is 11.1 Å². The number of nitrogens with zero attached hydrogens (tertiary/aromatic N) is 5. The highest BCUT2D eigenvalue weighted by molar-refractivity contribution is 6.07. The van der Waals surface area contributed by atoms with Crippen LogP contribution in [-0.2, 0) is 10.9 Å². The van der Waals surface area contributed by atoms with Crippen LogP contribution in [0.15, 0.2) is 42.7 Å². The summed E-state index contributed by atoms with van der Waals surface area (Å²) in [5.74, 6) is -1.79. The number of rotatable bonds is 5. The number of alkyl halides is 3. The molecule has 0 spiro atoms. The number of likely N-dealkylation sites (N-methyl/N-ethyl adjacent to an activating group) is 1. The van der Waals surface area contributed by atoms with E-state index in [1.54, 1.807) is 0 Å². The average Bonchev–Trinajstić information content (AvgIpc) is 2.96. The zero-order valence-corrected chi connectivity index (χ0v) is 23.5. The Bertz CT molecular complexity index is 1430. The molecule has 0 bridgehead atoms. The maximum atomic E-state index is 15.7. The normalized spacial score (nSPS) is 20.1. The van der Waals surface area contributed by atoms with Crippen LogP contribution in [0.2, 0.25) is 0 Å². The third-order valence-corrected chi connectivity index (χ3v) is 7.83. The molecular weight excluding hydrogens is 556 g/mol. The maximum absolute atomic E-state index is 15.7. The van der Waals surface area contributed by atoms with Crippen molar-refractivity contribution in [1.82, 2.24) is 14.9 Å². The number of amides is 1. The number of halogens is 4. The number of aromatic hydroxyl groups is 1. The highest BCUT2D eigenvalue weighted by Crippen LogP contribution is 2.38. The lowest BCUT2D eigenvalue weighted by atomic mass is 10.0. The molecule has 3 aromatic rings. The van der Waals surface area contributed by atoms with Crippen molar-refractivity contribution >= 4 is 23.2 Å². The molecule has 224 valence electrons. The minimum atomic E-state index is -4.88. The van der Waals surface area contributed by atoms with E-state index in [-0.39, 0.29) is 23.3 Å². The molecule has 1 amide bonds. The van der Waals surface area contributed by atoms with Crippen molar-refractivity contribution in [3.8, 4) is 16.9 Å². The Morgan fingerprint density at radius 3 is 2.29 bits per heavy atom. The molecule has 2 atom stereocenters. The van der Waals surface area contributed by atoms with E-state index < -0.39 is 34.8 Å². The van der Waals surface area contributed by atoms with Crippen molar-refractivity contribution in [3.63, 3.8) is 0 Å². The van der Waals surface area contributed by atoms with Gasteiger partial charge in [-0.2, -0.15) is 13.2 Å². The molecule has 42 heavy (non-hydrogen) atoms. The van der Waals surface area contributed by atoms with Gasteiger partial charge in [0, 0.05) is 61.8 Å². The fourth-order valence-electron chi connectivity index (χ4n) is 5.29. The standard InChI is InChI=1S/C29H32F4N6O3/c1-17-15-39(16-18(2)37(17)3)26-12-24(30)22(19-13-34-28(35-14-19)38-6-8-42-9-7-38)11-25(26)36-27(41)21-5-4-20(40)10-23(21)29(31,32)33/h4-5,10-14,17-18,40H,6-9,15-16H2,1-3H3,(H,36,41). The Morgan fingerprint density at radius 1 is 1.02 bits per heavy atom. The van der Waals surface area contributed by atoms with Crippen LogP contribution < -0.4 is 15.1 Å². The van der Waals surface area contributed by atoms with E-state index >= 15 is 4.39 Å². The highest BCUT2D eigenvalue weighted by atomic mass is 19.4. The van der Waals surface area contributed by atoms with Crippen molar-refractivity contribution in [2.24, 2.45) is 0 Å². The van der Waals surface area contributed by atoms with Crippen molar-refractivity contribution in [2.45, 2.75) is 32.1 Å². The molecule has 2 unspecified atom stereocenters. The summed E-state index contributed by atoms with van der Waals surface area (Å²) in [5, 5.41) is 12.2. The molecule has 13 heteroatoms. The zero-order valence-electron chi connectivity index (χ0n) is 23.5. The predicted octanol–water partition coefficient (Wildman–Crippen LogP) is 4.62. The van der Waals surface area contributed by atoms with Crippen LogP contribution in [0.3, 0.4) is 0 Å². The van der Waals surface area contributed by atoms with Gasteiger partial charge in [-0.15, -0.1) is 0 Å². The summed E-state index contributed by atoms with van der Waals surface area (Å²) in [7, 11) is 1.99. The van der Waals surface area contributed by atoms with Gasteiger partial charge in [0.05, 0.1) is 35.7 Å². The molecule has 0 radical (unpaired) electrons. The first kappa shape index (κ1) is 29.5. The first-order chi connectivity index (χ1) is 19.9. The number of aromatic nitrogens is 2. The number of hydrogen-bond donors (Lipinski definition) is 2. The first-order valence-electron chi connectivity index (χ1n) is 13.6. The molecule has 2 aliphatic rings. The van der Waals surface area contributed by atoms with Gasteiger partial charge in [0.25, 0.3) is 5.91 Å². The molecule has 2 aromatic carbocycles. The van der Waals surface area contributed by atoms with Gasteiger partial charge >= 0.3 is 6.18 Å². The summed E-state index contributed by atoms with van der Waals surface area (Å²) in [6.45, 7) is 7.39. The molecule has 2 N–H and O–H groups in total. The Labute approximate surface area is 240 Å². The lowest BCUT2D eigenvalue weighted by Crippen LogP contribution is -2.55. The van der Waals surface area contributed by atoms with Crippen LogP contribution in [0.1, 0.15) is 29.8 Å². The summed E-state index contributed by atoms with van der Waals surface area (Å²) in [6, 6.07) is 5.30. The molecule has 5 rings (SSSR count). The minimum Gasteiger partial charge on any atom is -0.508 e. The van der Waals surface area contributed by atoms with Gasteiger partial charge in [0.15, 0.2) is 0 Å². The SMILES string of the molecule is CC1CN(c2cc(F)c(-c3cnc(N4CCOCC4)nc3)cc2NC(=O)c2ccc(O)cc2C(F)(F)F)CC(C)N1C. The molecule has 9 nitrogen and oxygen atoms in total. The largest absolute Gasteiger partial charge is 0.508 e. The molecule has 2 aliphatic heterocycles. The number of hydrogen-bond acceptors (Lipinski definition) is 8. The van der Waals surface area contributed by atoms with E-state index in [0.717, 1.165) is 12.1 Å². The van der Waals surface area contributed by atoms with Crippen molar-refractivity contribution < 1.29 is 32.2 Å². The Hall–Kier alpha value is -3.97. The third-order valence-electron chi connectivity index (χ3n) is 7.83. The number of carbonyl (C=O) groups excluding carboxylic acids is 1. The number of carbonyl (C=O) groups is 1. The van der Waals surface area contributed by atoms with Crippen LogP contribution in [0.4, 0.5) is 34.9 Å². The van der Waals surface area contributed by atoms with Crippen LogP contribution in [-0.4, -0.2) is 84.4 Å². The Balaban J connectivity index is 1.54. The Morgan fingerprint density at radius 2 is 1.67 bits per heavy atom. The van der Waals surface area contributed by atoms with Crippen molar-refractivity contribution in [3.05, 3.63) is 59.7 Å². The van der Waals surface area contributed by atoms with E-state index in [1.165, 1.54) is 24.5 Å². The molecule has 3 heterocycles. The molecule has 2 saturated heterocycles. The third kappa shape index (κ3) is 6.12. The zero-order chi connectivity index (χ0) is 30.2. The van der Waals surface area contributed by atoms with Crippen molar-refractivity contribution in [2.75, 3.05) is 61.6 Å². The lowest BCUT2D eigenvalue weighted by molar-refractivity contribution is -0.138. The molecule has 0 aliphatic carbocycles. The summed E-state index contributed by atoms with van der Waals surface area (Å²) >= 11 is 0. The van der Waals surface area contributed by atoms with Crippen LogP contribution in [0.5, 0.6) is 5.75 Å². The fraction of sp³-hybridized carbons (Fsp3) is 0.414. The topological polar surface area (TPSA) is 94.1 Å². The number of anilines is 3. The smallest absolute Gasteiger partial charge is 0.417 e. The maximum Gasteiger partial charge on any atom is 0.417 e. The highest BCUT2D eigenvalue weighted by Gasteiger charge is 2.36. The second-order valence-electron chi connectivity index (χ2n) is 10.7. The summed E-state index contributed by atoms with van der Waals surface area (Å²) in [6.07, 6.45) is -1.93. The van der Waals surface area contributed by atoms with Gasteiger partial charge in [-0.3, -0.25) is 9.69 Å². The van der Waals surface area contributed by atoms with Gasteiger partial charge in [-0.1, -0.05) is 0 Å². The molecule has 1 aromatic heterocycles. The second kappa shape index (κ2) is 11.7. The fourth-order valence-corrected chi connectivity index (χ4v) is 5.29. The number of morpholine rings is 1. The number of benzene rings is 2. The van der Waals surface area contributed by atoms with E-state index in [9.17, 15) is 23.1 Å². The molecule has 2 fully saturated rings. The molecule has 0 saturated carbocycles. The number of ether oxygens (including phenoxy) is 1. The van der Waals surface area contributed by atoms with Gasteiger partial charge in [0.2, 0.25) is 5.95 Å². The van der Waals surface area contributed by atoms with Crippen molar-refractivity contribution in [1.29, 1.82) is 0 Å². The first-order valence-corrected chi connectivity index (χ1v) is 13.6. The summed E-state index contributed by atoms with van der Waals surface area (Å²) in [4.78, 5) is 28.1. The lowest BCUT2D eigenvalue weighted by Gasteiger charge is -2.44. The Kier molecular flexibility index (Phi) is 8.24. The minimum absolute atomic E-state index is 0.0829. The second-order valence-corrected chi connectivity index (χ2v) is 10.7. The predicted molar refractivity (Wildman–Crippen MR) is 150 cm³/mol. The monoisotopic (exact) mass is 588 g/mol.